The number of fused-ring (bicyclic) bond motifs is 1. The van der Waals surface area contributed by atoms with Gasteiger partial charge < -0.3 is 24.8 Å². The van der Waals surface area contributed by atoms with Crippen molar-refractivity contribution >= 4 is 34.6 Å². The molecule has 1 aromatic carbocycles. The zero-order valence-electron chi connectivity index (χ0n) is 24.7. The van der Waals surface area contributed by atoms with Gasteiger partial charge in [0.05, 0.1) is 0 Å². The molecule has 3 aliphatic heterocycles. The predicted octanol–water partition coefficient (Wildman–Crippen LogP) is 4.27. The molecule has 2 fully saturated rings. The number of carbonyl (C=O) groups is 1. The van der Waals surface area contributed by atoms with E-state index in [4.69, 9.17) is 14.7 Å². The molecule has 2 aromatic rings. The van der Waals surface area contributed by atoms with Gasteiger partial charge in [-0.2, -0.15) is 4.98 Å². The van der Waals surface area contributed by atoms with E-state index < -0.39 is 11.2 Å². The maximum atomic E-state index is 13.0. The van der Waals surface area contributed by atoms with E-state index >= 15 is 0 Å². The van der Waals surface area contributed by atoms with Crippen LogP contribution in [0.1, 0.15) is 74.0 Å². The van der Waals surface area contributed by atoms with Crippen molar-refractivity contribution in [3.8, 4) is 0 Å². The summed E-state index contributed by atoms with van der Waals surface area (Å²) >= 11 is -1.05. The SMILES string of the molecule is C/N=C(/C)C(CNC(=O)c1cccc(C2CCN(c3nc4c(c(NC5CCOCC5)n3)[S+]([O-])CC4)CC2)c1)=C(C)C. The highest BCUT2D eigenvalue weighted by Crippen LogP contribution is 2.35. The molecule has 3 aliphatic rings. The van der Waals surface area contributed by atoms with Gasteiger partial charge in [0.25, 0.3) is 5.91 Å². The number of hydrogen-bond donors (Lipinski definition) is 2. The van der Waals surface area contributed by atoms with E-state index in [1.807, 2.05) is 39.0 Å². The molecular formula is C31H42N6O3S. The Morgan fingerprint density at radius 1 is 1.15 bits per heavy atom. The average molecular weight is 579 g/mol. The van der Waals surface area contributed by atoms with Crippen molar-refractivity contribution in [2.75, 3.05) is 55.9 Å². The molecule has 1 atom stereocenters. The number of rotatable bonds is 8. The number of aromatic nitrogens is 2. The number of piperidine rings is 1. The lowest BCUT2D eigenvalue weighted by Crippen LogP contribution is -2.35. The van der Waals surface area contributed by atoms with Gasteiger partial charge >= 0.3 is 0 Å². The molecule has 9 nitrogen and oxygen atoms in total. The van der Waals surface area contributed by atoms with E-state index in [0.717, 1.165) is 97.6 Å². The Balaban J connectivity index is 1.24. The summed E-state index contributed by atoms with van der Waals surface area (Å²) in [6, 6.07) is 8.31. The number of aryl methyl sites for hydroxylation is 1. The number of nitrogens with one attached hydrogen (secondary N) is 2. The molecule has 10 heteroatoms. The van der Waals surface area contributed by atoms with Crippen molar-refractivity contribution in [1.29, 1.82) is 0 Å². The van der Waals surface area contributed by atoms with Crippen molar-refractivity contribution < 1.29 is 14.1 Å². The quantitative estimate of drug-likeness (QED) is 0.355. The third-order valence-corrected chi connectivity index (χ3v) is 9.90. The Labute approximate surface area is 246 Å². The molecule has 1 amide bonds. The van der Waals surface area contributed by atoms with Crippen LogP contribution in [-0.2, 0) is 22.3 Å². The van der Waals surface area contributed by atoms with Gasteiger partial charge in [0.2, 0.25) is 10.8 Å². The molecule has 2 saturated heterocycles. The van der Waals surface area contributed by atoms with Crippen LogP contribution < -0.4 is 15.5 Å². The van der Waals surface area contributed by atoms with E-state index in [-0.39, 0.29) is 11.9 Å². The summed E-state index contributed by atoms with van der Waals surface area (Å²) in [4.78, 5) is 30.1. The van der Waals surface area contributed by atoms with Gasteiger partial charge in [-0.3, -0.25) is 9.79 Å². The highest BCUT2D eigenvalue weighted by molar-refractivity contribution is 7.91. The lowest BCUT2D eigenvalue weighted by Gasteiger charge is -2.33. The summed E-state index contributed by atoms with van der Waals surface area (Å²) < 4.78 is 18.3. The number of allylic oxidation sites excluding steroid dienone is 1. The van der Waals surface area contributed by atoms with Gasteiger partial charge in [0, 0.05) is 63.6 Å². The molecule has 0 saturated carbocycles. The second-order valence-corrected chi connectivity index (χ2v) is 12.8. The second kappa shape index (κ2) is 13.4. The molecule has 0 spiro atoms. The highest BCUT2D eigenvalue weighted by Gasteiger charge is 2.34. The fourth-order valence-electron chi connectivity index (χ4n) is 5.88. The largest absolute Gasteiger partial charge is 0.611 e. The fourth-order valence-corrected chi connectivity index (χ4v) is 7.19. The zero-order valence-corrected chi connectivity index (χ0v) is 25.5. The minimum absolute atomic E-state index is 0.0691. The Morgan fingerprint density at radius 2 is 1.90 bits per heavy atom. The molecule has 5 rings (SSSR count). The van der Waals surface area contributed by atoms with Gasteiger partial charge in [0.15, 0.2) is 5.82 Å². The van der Waals surface area contributed by atoms with Crippen LogP contribution in [0, 0.1) is 0 Å². The molecule has 4 heterocycles. The van der Waals surface area contributed by atoms with Crippen LogP contribution in [0.3, 0.4) is 0 Å². The summed E-state index contributed by atoms with van der Waals surface area (Å²) in [6.07, 6.45) is 4.48. The second-order valence-electron chi connectivity index (χ2n) is 11.3. The standard InChI is InChI=1S/C31H42N6O3S/c1-20(2)26(21(3)32-4)19-33-30(38)24-7-5-6-23(18-24)22-8-13-37(14-9-22)31-35-27-12-17-41(39)28(27)29(36-31)34-25-10-15-40-16-11-25/h5-7,18,22,25H,8-17,19H2,1-4H3,(H,33,38)(H,34,35,36)/b32-21-. The Bertz CT molecular complexity index is 1310. The van der Waals surface area contributed by atoms with Crippen molar-refractivity contribution in [2.45, 2.75) is 69.7 Å². The average Bonchev–Trinajstić information content (AvgIpc) is 3.38. The smallest absolute Gasteiger partial charge is 0.251 e. The summed E-state index contributed by atoms with van der Waals surface area (Å²) in [7, 11) is 1.77. The minimum Gasteiger partial charge on any atom is -0.611 e. The minimum atomic E-state index is -1.05. The van der Waals surface area contributed by atoms with Gasteiger partial charge in [0.1, 0.15) is 11.4 Å². The third-order valence-electron chi connectivity index (χ3n) is 8.44. The maximum absolute atomic E-state index is 13.0. The first-order valence-electron chi connectivity index (χ1n) is 14.7. The summed E-state index contributed by atoms with van der Waals surface area (Å²) in [5, 5.41) is 6.65. The van der Waals surface area contributed by atoms with Crippen LogP contribution >= 0.6 is 0 Å². The molecule has 0 bridgehead atoms. The third kappa shape index (κ3) is 6.93. The van der Waals surface area contributed by atoms with Crippen LogP contribution in [0.25, 0.3) is 0 Å². The molecule has 1 aromatic heterocycles. The molecular weight excluding hydrogens is 536 g/mol. The van der Waals surface area contributed by atoms with Gasteiger partial charge in [-0.05, 0) is 86.8 Å². The first-order chi connectivity index (χ1) is 19.8. The summed E-state index contributed by atoms with van der Waals surface area (Å²) in [5.41, 5.74) is 5.95. The lowest BCUT2D eigenvalue weighted by molar-refractivity contribution is 0.0903. The normalized spacial score (nSPS) is 20.1. The van der Waals surface area contributed by atoms with E-state index in [1.165, 1.54) is 5.56 Å². The van der Waals surface area contributed by atoms with Crippen LogP contribution in [0.5, 0.6) is 0 Å². The van der Waals surface area contributed by atoms with Crippen molar-refractivity contribution in [3.05, 3.63) is 52.2 Å². The summed E-state index contributed by atoms with van der Waals surface area (Å²) in [6.45, 7) is 9.66. The van der Waals surface area contributed by atoms with Crippen molar-refractivity contribution in [1.82, 2.24) is 15.3 Å². The van der Waals surface area contributed by atoms with Crippen LogP contribution in [0.4, 0.5) is 11.8 Å². The van der Waals surface area contributed by atoms with E-state index in [2.05, 4.69) is 26.6 Å². The zero-order chi connectivity index (χ0) is 28.9. The lowest BCUT2D eigenvalue weighted by atomic mass is 9.88. The molecule has 0 aliphatic carbocycles. The number of ether oxygens (including phenoxy) is 1. The summed E-state index contributed by atoms with van der Waals surface area (Å²) in [5.74, 6) is 2.38. The Kier molecular flexibility index (Phi) is 9.62. The first kappa shape index (κ1) is 29.5. The Hall–Kier alpha value is -2.95. The number of nitrogens with zero attached hydrogens (tertiary/aromatic N) is 4. The highest BCUT2D eigenvalue weighted by atomic mass is 32.2. The van der Waals surface area contributed by atoms with Crippen LogP contribution in [0.15, 0.2) is 45.3 Å². The van der Waals surface area contributed by atoms with Crippen molar-refractivity contribution in [3.63, 3.8) is 0 Å². The molecule has 2 N–H and O–H groups in total. The number of amides is 1. The number of benzene rings is 1. The maximum Gasteiger partial charge on any atom is 0.251 e. The predicted molar refractivity (Wildman–Crippen MR) is 165 cm³/mol. The van der Waals surface area contributed by atoms with E-state index in [1.54, 1.807) is 7.05 Å². The fraction of sp³-hybridized carbons (Fsp3) is 0.548. The molecule has 41 heavy (non-hydrogen) atoms. The number of aliphatic imine (C=N–C) groups is 1. The molecule has 220 valence electrons. The van der Waals surface area contributed by atoms with Crippen LogP contribution in [-0.4, -0.2) is 77.8 Å². The Morgan fingerprint density at radius 3 is 2.61 bits per heavy atom. The first-order valence-corrected chi connectivity index (χ1v) is 16.0. The number of anilines is 2. The molecule has 0 radical (unpaired) electrons. The van der Waals surface area contributed by atoms with E-state index in [0.29, 0.717) is 23.8 Å². The van der Waals surface area contributed by atoms with Gasteiger partial charge in [-0.15, -0.1) is 0 Å². The topological polar surface area (TPSA) is 115 Å². The monoisotopic (exact) mass is 578 g/mol. The van der Waals surface area contributed by atoms with Crippen molar-refractivity contribution in [2.24, 2.45) is 4.99 Å². The van der Waals surface area contributed by atoms with Crippen LogP contribution in [0.2, 0.25) is 0 Å². The number of hydrogen-bond acceptors (Lipinski definition) is 8. The molecule has 1 unspecified atom stereocenters. The van der Waals surface area contributed by atoms with E-state index in [9.17, 15) is 9.35 Å². The number of carbonyl (C=O) groups excluding carboxylic acids is 1. The van der Waals surface area contributed by atoms with Gasteiger partial charge in [-0.1, -0.05) is 17.7 Å². The van der Waals surface area contributed by atoms with Gasteiger partial charge in [-0.25, -0.2) is 4.98 Å².